The Kier molecular flexibility index (Phi) is 5.86. The second-order valence-corrected chi connectivity index (χ2v) is 3.67. The van der Waals surface area contributed by atoms with Crippen LogP contribution in [0.15, 0.2) is 18.2 Å². The second kappa shape index (κ2) is 7.19. The van der Waals surface area contributed by atoms with E-state index in [0.29, 0.717) is 13.2 Å². The van der Waals surface area contributed by atoms with E-state index in [1.54, 1.807) is 0 Å². The minimum Gasteiger partial charge on any atom is -0.491 e. The molecule has 0 heterocycles. The van der Waals surface area contributed by atoms with Gasteiger partial charge in [-0.15, -0.1) is 0 Å². The number of hydrogen-bond acceptors (Lipinski definition) is 3. The fraction of sp³-hybridized carbons (Fsp3) is 0.500. The maximum Gasteiger partial charge on any atom is 0.162 e. The van der Waals surface area contributed by atoms with Gasteiger partial charge >= 0.3 is 0 Å². The van der Waals surface area contributed by atoms with E-state index < -0.39 is 11.6 Å². The molecule has 0 fully saturated rings. The summed E-state index contributed by atoms with van der Waals surface area (Å²) in [5.41, 5.74) is 5.65. The monoisotopic (exact) mass is 245 g/mol. The van der Waals surface area contributed by atoms with Crippen LogP contribution in [0.2, 0.25) is 0 Å². The molecule has 1 unspecified atom stereocenters. The molecule has 0 amide bonds. The lowest BCUT2D eigenvalue weighted by Crippen LogP contribution is -2.26. The van der Waals surface area contributed by atoms with Gasteiger partial charge in [-0.1, -0.05) is 6.92 Å². The van der Waals surface area contributed by atoms with E-state index in [9.17, 15) is 8.78 Å². The Morgan fingerprint density at radius 3 is 2.65 bits per heavy atom. The Labute approximate surface area is 99.5 Å². The van der Waals surface area contributed by atoms with Gasteiger partial charge in [-0.3, -0.25) is 0 Å². The molecule has 0 aliphatic heterocycles. The molecule has 0 saturated carbocycles. The minimum absolute atomic E-state index is 0.0262. The summed E-state index contributed by atoms with van der Waals surface area (Å²) in [5, 5.41) is 0. The third-order valence-electron chi connectivity index (χ3n) is 2.24. The Bertz CT molecular complexity index is 347. The molecule has 0 bridgehead atoms. The van der Waals surface area contributed by atoms with Gasteiger partial charge in [0, 0.05) is 12.1 Å². The van der Waals surface area contributed by atoms with Gasteiger partial charge in [0.2, 0.25) is 0 Å². The molecule has 1 aromatic carbocycles. The smallest absolute Gasteiger partial charge is 0.162 e. The van der Waals surface area contributed by atoms with Gasteiger partial charge in [0.1, 0.15) is 12.4 Å². The van der Waals surface area contributed by atoms with Crippen molar-refractivity contribution in [1.82, 2.24) is 0 Å². The molecule has 0 radical (unpaired) electrons. The lowest BCUT2D eigenvalue weighted by molar-refractivity contribution is 0.0896. The van der Waals surface area contributed by atoms with Crippen LogP contribution in [0.4, 0.5) is 8.78 Å². The van der Waals surface area contributed by atoms with Crippen molar-refractivity contribution in [2.24, 2.45) is 5.73 Å². The van der Waals surface area contributed by atoms with Crippen molar-refractivity contribution in [2.45, 2.75) is 19.4 Å². The molecule has 5 heteroatoms. The van der Waals surface area contributed by atoms with Gasteiger partial charge in [0.05, 0.1) is 13.2 Å². The number of ether oxygens (including phenoxy) is 2. The lowest BCUT2D eigenvalue weighted by atomic mass is 10.3. The Morgan fingerprint density at radius 1 is 1.24 bits per heavy atom. The quantitative estimate of drug-likeness (QED) is 0.748. The first-order chi connectivity index (χ1) is 8.13. The molecule has 0 saturated heterocycles. The second-order valence-electron chi connectivity index (χ2n) is 3.67. The summed E-state index contributed by atoms with van der Waals surface area (Å²) in [7, 11) is 0. The zero-order valence-corrected chi connectivity index (χ0v) is 9.79. The zero-order valence-electron chi connectivity index (χ0n) is 9.79. The van der Waals surface area contributed by atoms with E-state index in [1.807, 2.05) is 6.92 Å². The highest BCUT2D eigenvalue weighted by molar-refractivity contribution is 5.23. The number of nitrogens with two attached hydrogens (primary N) is 1. The highest BCUT2D eigenvalue weighted by Gasteiger charge is 2.03. The number of benzene rings is 1. The lowest BCUT2D eigenvalue weighted by Gasteiger charge is -2.10. The minimum atomic E-state index is -0.920. The van der Waals surface area contributed by atoms with Crippen LogP contribution in [0.5, 0.6) is 5.75 Å². The molecule has 17 heavy (non-hydrogen) atoms. The zero-order chi connectivity index (χ0) is 12.7. The van der Waals surface area contributed by atoms with Crippen molar-refractivity contribution in [1.29, 1.82) is 0 Å². The molecule has 0 aromatic heterocycles. The van der Waals surface area contributed by atoms with E-state index in [0.717, 1.165) is 18.6 Å². The predicted octanol–water partition coefficient (Wildman–Crippen LogP) is 2.10. The Morgan fingerprint density at radius 2 is 2.00 bits per heavy atom. The van der Waals surface area contributed by atoms with E-state index in [4.69, 9.17) is 15.2 Å². The molecular weight excluding hydrogens is 228 g/mol. The fourth-order valence-electron chi connectivity index (χ4n) is 1.14. The summed E-state index contributed by atoms with van der Waals surface area (Å²) in [5.74, 6) is -1.52. The van der Waals surface area contributed by atoms with E-state index in [1.165, 1.54) is 6.07 Å². The summed E-state index contributed by atoms with van der Waals surface area (Å²) in [6.45, 7) is 3.09. The van der Waals surface area contributed by atoms with Gasteiger partial charge in [-0.25, -0.2) is 8.78 Å². The molecule has 3 nitrogen and oxygen atoms in total. The number of halogens is 2. The van der Waals surface area contributed by atoms with Crippen molar-refractivity contribution >= 4 is 0 Å². The molecule has 0 spiro atoms. The van der Waals surface area contributed by atoms with Crippen LogP contribution in [0.3, 0.4) is 0 Å². The van der Waals surface area contributed by atoms with Crippen LogP contribution in [0, 0.1) is 11.6 Å². The average molecular weight is 245 g/mol. The Hall–Kier alpha value is -1.20. The predicted molar refractivity (Wildman–Crippen MR) is 60.9 cm³/mol. The molecule has 1 aromatic rings. The van der Waals surface area contributed by atoms with Gasteiger partial charge < -0.3 is 15.2 Å². The first-order valence-corrected chi connectivity index (χ1v) is 5.54. The number of hydrogen-bond donors (Lipinski definition) is 1. The van der Waals surface area contributed by atoms with E-state index >= 15 is 0 Å². The van der Waals surface area contributed by atoms with Crippen LogP contribution in [0.25, 0.3) is 0 Å². The highest BCUT2D eigenvalue weighted by atomic mass is 19.2. The SMILES string of the molecule is CCC(N)COCCOc1ccc(F)c(F)c1. The first kappa shape index (κ1) is 13.9. The van der Waals surface area contributed by atoms with Crippen molar-refractivity contribution in [3.63, 3.8) is 0 Å². The van der Waals surface area contributed by atoms with Gasteiger partial charge in [-0.05, 0) is 18.6 Å². The van der Waals surface area contributed by atoms with Crippen LogP contribution in [-0.4, -0.2) is 25.9 Å². The molecule has 1 atom stereocenters. The highest BCUT2D eigenvalue weighted by Crippen LogP contribution is 2.15. The van der Waals surface area contributed by atoms with Crippen LogP contribution >= 0.6 is 0 Å². The first-order valence-electron chi connectivity index (χ1n) is 5.54. The van der Waals surface area contributed by atoms with E-state index in [2.05, 4.69) is 0 Å². The third-order valence-corrected chi connectivity index (χ3v) is 2.24. The van der Waals surface area contributed by atoms with Crippen molar-refractivity contribution in [3.05, 3.63) is 29.8 Å². The normalized spacial score (nSPS) is 12.5. The maximum atomic E-state index is 12.8. The average Bonchev–Trinajstić information content (AvgIpc) is 2.33. The van der Waals surface area contributed by atoms with Crippen LogP contribution in [-0.2, 0) is 4.74 Å². The topological polar surface area (TPSA) is 44.5 Å². The molecule has 0 aliphatic rings. The van der Waals surface area contributed by atoms with Crippen molar-refractivity contribution < 1.29 is 18.3 Å². The summed E-state index contributed by atoms with van der Waals surface area (Å²) in [6.07, 6.45) is 0.851. The Balaban J connectivity index is 2.20. The van der Waals surface area contributed by atoms with E-state index in [-0.39, 0.29) is 18.4 Å². The molecule has 0 aliphatic carbocycles. The number of rotatable bonds is 7. The van der Waals surface area contributed by atoms with Gasteiger partial charge in [0.25, 0.3) is 0 Å². The largest absolute Gasteiger partial charge is 0.491 e. The summed E-state index contributed by atoms with van der Waals surface area (Å²) < 4.78 is 35.8. The summed E-state index contributed by atoms with van der Waals surface area (Å²) in [6, 6.07) is 3.43. The van der Waals surface area contributed by atoms with Crippen LogP contribution in [0.1, 0.15) is 13.3 Å². The molecule has 2 N–H and O–H groups in total. The molecular formula is C12H17F2NO2. The van der Waals surface area contributed by atoms with Crippen molar-refractivity contribution in [2.75, 3.05) is 19.8 Å². The standard InChI is InChI=1S/C12H17F2NO2/c1-2-9(15)8-16-5-6-17-10-3-4-11(13)12(14)7-10/h3-4,7,9H,2,5-6,8,15H2,1H3. The third kappa shape index (κ3) is 5.10. The molecule has 1 rings (SSSR count). The molecule has 96 valence electrons. The van der Waals surface area contributed by atoms with Gasteiger partial charge in [-0.2, -0.15) is 0 Å². The van der Waals surface area contributed by atoms with Gasteiger partial charge in [0.15, 0.2) is 11.6 Å². The summed E-state index contributed by atoms with van der Waals surface area (Å²) >= 11 is 0. The van der Waals surface area contributed by atoms with Crippen LogP contribution < -0.4 is 10.5 Å². The summed E-state index contributed by atoms with van der Waals surface area (Å²) in [4.78, 5) is 0. The van der Waals surface area contributed by atoms with Crippen molar-refractivity contribution in [3.8, 4) is 5.75 Å². The maximum absolute atomic E-state index is 12.8. The fourth-order valence-corrected chi connectivity index (χ4v) is 1.14.